The fourth-order valence-electron chi connectivity index (χ4n) is 2.47. The number of hydrogen-bond donors (Lipinski definition) is 1. The van der Waals surface area contributed by atoms with Crippen LogP contribution in [0.15, 0.2) is 30.9 Å². The van der Waals surface area contributed by atoms with Crippen molar-refractivity contribution in [3.63, 3.8) is 0 Å². The molecule has 0 spiro atoms. The van der Waals surface area contributed by atoms with Crippen LogP contribution in [0.3, 0.4) is 0 Å². The maximum atomic E-state index is 4.30. The molecule has 0 aromatic carbocycles. The Morgan fingerprint density at radius 1 is 1.37 bits per heavy atom. The van der Waals surface area contributed by atoms with Gasteiger partial charge in [0.1, 0.15) is 0 Å². The first-order valence-electron chi connectivity index (χ1n) is 7.24. The van der Waals surface area contributed by atoms with E-state index < -0.39 is 0 Å². The van der Waals surface area contributed by atoms with Gasteiger partial charge in [0.25, 0.3) is 0 Å². The molecule has 1 N–H and O–H groups in total. The third-order valence-corrected chi connectivity index (χ3v) is 3.68. The lowest BCUT2D eigenvalue weighted by molar-refractivity contribution is 0.607. The first kappa shape index (κ1) is 12.5. The highest BCUT2D eigenvalue weighted by Gasteiger charge is 2.25. The minimum atomic E-state index is 0.703. The molecular weight excluding hydrogens is 236 g/mol. The summed E-state index contributed by atoms with van der Waals surface area (Å²) in [5.41, 5.74) is 2.66. The lowest BCUT2D eigenvalue weighted by atomic mass is 10.3. The summed E-state index contributed by atoms with van der Waals surface area (Å²) in [6.07, 6.45) is 9.93. The summed E-state index contributed by atoms with van der Waals surface area (Å²) in [4.78, 5) is 4.30. The van der Waals surface area contributed by atoms with E-state index in [-0.39, 0.29) is 0 Å². The first-order chi connectivity index (χ1) is 9.38. The highest BCUT2D eigenvalue weighted by molar-refractivity contribution is 5.11. The Bertz CT molecular complexity index is 522. The number of nitrogens with one attached hydrogen (secondary N) is 1. The molecule has 0 amide bonds. The summed E-state index contributed by atoms with van der Waals surface area (Å²) in [7, 11) is 0. The Morgan fingerprint density at radius 3 is 3.05 bits per heavy atom. The van der Waals surface area contributed by atoms with Gasteiger partial charge in [-0.05, 0) is 37.9 Å². The minimum Gasteiger partial charge on any atom is -0.344 e. The summed E-state index contributed by atoms with van der Waals surface area (Å²) in [5, 5.41) is 3.46. The van der Waals surface area contributed by atoms with Crippen molar-refractivity contribution in [2.45, 2.75) is 45.3 Å². The molecule has 1 aliphatic carbocycles. The lowest BCUT2D eigenvalue weighted by Gasteiger charge is -2.12. The van der Waals surface area contributed by atoms with Crippen LogP contribution in [0.25, 0.3) is 0 Å². The zero-order valence-electron chi connectivity index (χ0n) is 11.5. The molecule has 0 aliphatic heterocycles. The molecule has 4 nitrogen and oxygen atoms in total. The topological polar surface area (TPSA) is 34.8 Å². The number of hydrogen-bond acceptors (Lipinski definition) is 2. The largest absolute Gasteiger partial charge is 0.344 e. The van der Waals surface area contributed by atoms with E-state index in [0.29, 0.717) is 6.04 Å². The highest BCUT2D eigenvalue weighted by atomic mass is 15.1. The second kappa shape index (κ2) is 5.61. The van der Waals surface area contributed by atoms with Gasteiger partial charge < -0.3 is 14.5 Å². The van der Waals surface area contributed by atoms with Gasteiger partial charge in [0.05, 0.1) is 18.6 Å². The number of imidazole rings is 1. The lowest BCUT2D eigenvalue weighted by Crippen LogP contribution is -2.17. The van der Waals surface area contributed by atoms with E-state index in [0.717, 1.165) is 19.6 Å². The van der Waals surface area contributed by atoms with E-state index in [1.807, 2.05) is 12.5 Å². The SMILES string of the molecule is CCCNCc1cccn1Cc1cncn1C1CC1. The van der Waals surface area contributed by atoms with Gasteiger partial charge in [-0.1, -0.05) is 6.92 Å². The van der Waals surface area contributed by atoms with Crippen molar-refractivity contribution >= 4 is 0 Å². The van der Waals surface area contributed by atoms with Gasteiger partial charge in [-0.25, -0.2) is 4.98 Å². The van der Waals surface area contributed by atoms with Crippen molar-refractivity contribution in [3.05, 3.63) is 42.2 Å². The van der Waals surface area contributed by atoms with Crippen molar-refractivity contribution in [2.24, 2.45) is 0 Å². The van der Waals surface area contributed by atoms with E-state index in [9.17, 15) is 0 Å². The molecule has 0 unspecified atom stereocenters. The van der Waals surface area contributed by atoms with Crippen LogP contribution in [-0.2, 0) is 13.1 Å². The minimum absolute atomic E-state index is 0.703. The van der Waals surface area contributed by atoms with Crippen LogP contribution in [-0.4, -0.2) is 20.7 Å². The van der Waals surface area contributed by atoms with Crippen LogP contribution in [0.4, 0.5) is 0 Å². The van der Waals surface area contributed by atoms with Crippen LogP contribution < -0.4 is 5.32 Å². The van der Waals surface area contributed by atoms with Gasteiger partial charge in [0, 0.05) is 30.7 Å². The molecule has 1 saturated carbocycles. The molecule has 4 heteroatoms. The predicted molar refractivity (Wildman–Crippen MR) is 76.0 cm³/mol. The fraction of sp³-hybridized carbons (Fsp3) is 0.533. The normalized spacial score (nSPS) is 15.0. The molecule has 3 rings (SSSR count). The maximum absolute atomic E-state index is 4.30. The van der Waals surface area contributed by atoms with Gasteiger partial charge in [-0.3, -0.25) is 0 Å². The number of aromatic nitrogens is 3. The zero-order chi connectivity index (χ0) is 13.1. The van der Waals surface area contributed by atoms with E-state index in [1.165, 1.54) is 30.7 Å². The van der Waals surface area contributed by atoms with Crippen molar-refractivity contribution in [1.29, 1.82) is 0 Å². The van der Waals surface area contributed by atoms with Crippen molar-refractivity contribution in [1.82, 2.24) is 19.4 Å². The fourth-order valence-corrected chi connectivity index (χ4v) is 2.47. The Hall–Kier alpha value is -1.55. The summed E-state index contributed by atoms with van der Waals surface area (Å²) in [6, 6.07) is 5.02. The molecular formula is C15H22N4. The maximum Gasteiger partial charge on any atom is 0.0951 e. The third kappa shape index (κ3) is 2.89. The summed E-state index contributed by atoms with van der Waals surface area (Å²) in [6.45, 7) is 5.14. The molecule has 2 heterocycles. The quantitative estimate of drug-likeness (QED) is 0.775. The zero-order valence-corrected chi connectivity index (χ0v) is 11.5. The molecule has 0 atom stereocenters. The average molecular weight is 258 g/mol. The van der Waals surface area contributed by atoms with Gasteiger partial charge in [0.2, 0.25) is 0 Å². The van der Waals surface area contributed by atoms with Crippen LogP contribution >= 0.6 is 0 Å². The molecule has 19 heavy (non-hydrogen) atoms. The van der Waals surface area contributed by atoms with Crippen LogP contribution in [0.5, 0.6) is 0 Å². The monoisotopic (exact) mass is 258 g/mol. The van der Waals surface area contributed by atoms with Crippen LogP contribution in [0, 0.1) is 0 Å². The Balaban J connectivity index is 1.68. The molecule has 0 saturated heterocycles. The Kier molecular flexibility index (Phi) is 3.69. The first-order valence-corrected chi connectivity index (χ1v) is 7.24. The number of rotatable bonds is 7. The summed E-state index contributed by atoms with van der Waals surface area (Å²) >= 11 is 0. The van der Waals surface area contributed by atoms with Crippen LogP contribution in [0.1, 0.15) is 43.6 Å². The second-order valence-electron chi connectivity index (χ2n) is 5.33. The molecule has 1 fully saturated rings. The molecule has 2 aromatic heterocycles. The van der Waals surface area contributed by atoms with Crippen molar-refractivity contribution in [2.75, 3.05) is 6.54 Å². The molecule has 0 bridgehead atoms. The van der Waals surface area contributed by atoms with E-state index in [2.05, 4.69) is 44.7 Å². The molecule has 0 radical (unpaired) electrons. The average Bonchev–Trinajstić information content (AvgIpc) is 3.00. The Labute approximate surface area is 114 Å². The van der Waals surface area contributed by atoms with Gasteiger partial charge >= 0.3 is 0 Å². The molecule has 1 aliphatic rings. The predicted octanol–water partition coefficient (Wildman–Crippen LogP) is 2.57. The van der Waals surface area contributed by atoms with E-state index >= 15 is 0 Å². The standard InChI is InChI=1S/C15H22N4/c1-2-7-16-9-14-4-3-8-18(14)11-15-10-17-12-19(15)13-5-6-13/h3-4,8,10,12-13,16H,2,5-7,9,11H2,1H3. The van der Waals surface area contributed by atoms with Gasteiger partial charge in [0.15, 0.2) is 0 Å². The highest BCUT2D eigenvalue weighted by Crippen LogP contribution is 2.35. The second-order valence-corrected chi connectivity index (χ2v) is 5.33. The number of nitrogens with zero attached hydrogens (tertiary/aromatic N) is 3. The third-order valence-electron chi connectivity index (χ3n) is 3.68. The van der Waals surface area contributed by atoms with Crippen molar-refractivity contribution < 1.29 is 0 Å². The van der Waals surface area contributed by atoms with Gasteiger partial charge in [-0.2, -0.15) is 0 Å². The summed E-state index contributed by atoms with van der Waals surface area (Å²) in [5.74, 6) is 0. The molecule has 2 aromatic rings. The van der Waals surface area contributed by atoms with E-state index in [4.69, 9.17) is 0 Å². The Morgan fingerprint density at radius 2 is 2.26 bits per heavy atom. The van der Waals surface area contributed by atoms with Crippen LogP contribution in [0.2, 0.25) is 0 Å². The summed E-state index contributed by atoms with van der Waals surface area (Å²) < 4.78 is 4.65. The smallest absolute Gasteiger partial charge is 0.0951 e. The molecule has 102 valence electrons. The van der Waals surface area contributed by atoms with Crippen molar-refractivity contribution in [3.8, 4) is 0 Å². The van der Waals surface area contributed by atoms with E-state index in [1.54, 1.807) is 0 Å². The van der Waals surface area contributed by atoms with Gasteiger partial charge in [-0.15, -0.1) is 0 Å².